The molecule has 6 aliphatic rings. The second-order valence-electron chi connectivity index (χ2n) is 29.6. The number of benzene rings is 6. The summed E-state index contributed by atoms with van der Waals surface area (Å²) in [5.41, 5.74) is 17.4. The lowest BCUT2D eigenvalue weighted by Crippen LogP contribution is -2.29. The number of para-hydroxylation sites is 2. The molecule has 6 aromatic carbocycles. The molecule has 532 valence electrons. The topological polar surface area (TPSA) is 149 Å². The van der Waals surface area contributed by atoms with E-state index in [1.165, 1.54) is 66.6 Å². The number of hydrogen-bond acceptors (Lipinski definition) is 9. The van der Waals surface area contributed by atoms with Gasteiger partial charge in [0.25, 0.3) is 20.2 Å². The smallest absolute Gasteiger partial charge is 0.264 e. The summed E-state index contributed by atoms with van der Waals surface area (Å²) in [5.74, 6) is -0.524. The highest BCUT2D eigenvalue weighted by Crippen LogP contribution is 2.51. The van der Waals surface area contributed by atoms with E-state index in [1.807, 2.05) is 0 Å². The van der Waals surface area contributed by atoms with Crippen molar-refractivity contribution in [1.29, 1.82) is 0 Å². The maximum Gasteiger partial charge on any atom is 0.264 e. The zero-order valence-electron chi connectivity index (χ0n) is 59.8. The number of halogens is 2. The fourth-order valence-corrected chi connectivity index (χ4v) is 18.2. The third-order valence-corrected chi connectivity index (χ3v) is 24.1. The second kappa shape index (κ2) is 30.7. The van der Waals surface area contributed by atoms with E-state index in [0.717, 1.165) is 93.7 Å². The summed E-state index contributed by atoms with van der Waals surface area (Å²) in [5, 5.41) is 6.32. The summed E-state index contributed by atoms with van der Waals surface area (Å²) in [6.45, 7) is 23.6. The summed E-state index contributed by atoms with van der Waals surface area (Å²) < 4.78 is 88.9. The standard InChI is InChI=1S/C84H96Cl2N4O9S2/c1-81(2)67-31-13-15-33-69(67)89(73(81)43-37-61-25-21-27-63(79(61)85)39-45-75-83(5,6)77-65-29-11-9-23-59(65)35-41-71(77)87(75)47-17-19-57-100(91,92)93)49-51-97-53-55-99-56-54-98-52-50-90-70-34-16-14-32-68(70)82(3,4)74(90)44-38-62-26-22-28-64(80(62)86)40-46-76-84(7,8)78-66-30-12-10-24-60(66)36-42-72(78)88(76)48-18-20-58-101(94,95)96/h9-16,23-24,29-46H,17-22,25-28,47-58H2,1-8H3/p+2. The Morgan fingerprint density at radius 1 is 0.446 bits per heavy atom. The van der Waals surface area contributed by atoms with Gasteiger partial charge in [-0.2, -0.15) is 26.0 Å². The van der Waals surface area contributed by atoms with E-state index in [4.69, 9.17) is 37.4 Å². The highest BCUT2D eigenvalue weighted by Gasteiger charge is 2.48. The Hall–Kier alpha value is -7.02. The minimum Gasteiger partial charge on any atom is -0.377 e. The number of hydrogen-bond donors (Lipinski definition) is 2. The van der Waals surface area contributed by atoms with Crippen molar-refractivity contribution in [2.45, 2.75) is 141 Å². The fraction of sp³-hybridized carbons (Fsp3) is 0.405. The molecular formula is C84H98Cl2N4O9S2+2. The Morgan fingerprint density at radius 3 is 1.23 bits per heavy atom. The molecule has 0 radical (unpaired) electrons. The molecule has 0 bridgehead atoms. The summed E-state index contributed by atoms with van der Waals surface area (Å²) in [7, 11) is -8.10. The highest BCUT2D eigenvalue weighted by atomic mass is 35.5. The van der Waals surface area contributed by atoms with Gasteiger partial charge < -0.3 is 24.0 Å². The number of nitrogens with zero attached hydrogens (tertiary/aromatic N) is 4. The summed E-state index contributed by atoms with van der Waals surface area (Å²) in [4.78, 5) is 4.78. The van der Waals surface area contributed by atoms with Crippen molar-refractivity contribution in [3.05, 3.63) is 236 Å². The van der Waals surface area contributed by atoms with E-state index in [1.54, 1.807) is 0 Å². The van der Waals surface area contributed by atoms with Crippen molar-refractivity contribution in [3.8, 4) is 0 Å². The van der Waals surface area contributed by atoms with Crippen LogP contribution >= 0.6 is 23.2 Å². The predicted octanol–water partition coefficient (Wildman–Crippen LogP) is 18.5. The Morgan fingerprint density at radius 2 is 0.822 bits per heavy atom. The van der Waals surface area contributed by atoms with E-state index in [-0.39, 0.29) is 33.2 Å². The first-order chi connectivity index (χ1) is 48.3. The molecule has 0 aromatic heterocycles. The largest absolute Gasteiger partial charge is 0.377 e. The van der Waals surface area contributed by atoms with Gasteiger partial charge in [-0.1, -0.05) is 160 Å². The van der Waals surface area contributed by atoms with Crippen LogP contribution in [0, 0.1) is 0 Å². The van der Waals surface area contributed by atoms with Crippen LogP contribution < -0.4 is 9.80 Å². The van der Waals surface area contributed by atoms with Crippen LogP contribution in [0.1, 0.15) is 142 Å². The molecular weight excluding hydrogens is 1340 g/mol. The van der Waals surface area contributed by atoms with Gasteiger partial charge in [0.2, 0.25) is 11.4 Å². The van der Waals surface area contributed by atoms with Gasteiger partial charge in [0.1, 0.15) is 13.1 Å². The van der Waals surface area contributed by atoms with Crippen molar-refractivity contribution in [2.75, 3.05) is 87.1 Å². The molecule has 0 spiro atoms. The Bertz CT molecular complexity index is 4460. The molecule has 13 nitrogen and oxygen atoms in total. The molecule has 0 unspecified atom stereocenters. The Balaban J connectivity index is 0.656. The number of ether oxygens (including phenoxy) is 3. The van der Waals surface area contributed by atoms with Crippen LogP contribution in [0.3, 0.4) is 0 Å². The zero-order chi connectivity index (χ0) is 71.5. The van der Waals surface area contributed by atoms with Crippen LogP contribution in [0.25, 0.3) is 21.5 Å². The van der Waals surface area contributed by atoms with E-state index in [0.29, 0.717) is 91.5 Å². The average Bonchev–Trinajstić information content (AvgIpc) is 1.60. The van der Waals surface area contributed by atoms with Crippen LogP contribution in [-0.2, 0) is 56.1 Å². The van der Waals surface area contributed by atoms with Gasteiger partial charge in [0, 0.05) is 105 Å². The van der Waals surface area contributed by atoms with Crippen LogP contribution in [0.5, 0.6) is 0 Å². The average molecular weight is 1440 g/mol. The first kappa shape index (κ1) is 73.7. The molecule has 6 aromatic rings. The lowest BCUT2D eigenvalue weighted by molar-refractivity contribution is -0.438. The molecule has 4 aliphatic heterocycles. The minimum atomic E-state index is -4.05. The molecule has 0 saturated heterocycles. The second-order valence-corrected chi connectivity index (χ2v) is 33.5. The SMILES string of the molecule is CC1(C)C(/C=C/C2=C(Cl)C(=C\C=C3/N(CCOCCOCCOCCN4/C(=C/C=C5\CCCC(/C=C/C6=[N+](CCCCS(=O)(=O)O)c7ccc8ccccc8c7C6(C)C)=C5Cl)C(C)(C)c5ccccc54)c4ccccc4C3(C)C)/CCC2)=[N+](CCCCS(=O)(=O)O)c2ccc3ccccc3c21. The maximum absolute atomic E-state index is 11.7. The van der Waals surface area contributed by atoms with Gasteiger partial charge in [-0.15, -0.1) is 0 Å². The van der Waals surface area contributed by atoms with Crippen molar-refractivity contribution in [2.24, 2.45) is 0 Å². The molecule has 0 fully saturated rings. The quantitative estimate of drug-likeness (QED) is 0.0275. The van der Waals surface area contributed by atoms with Crippen molar-refractivity contribution < 1.29 is 49.3 Å². The molecule has 0 atom stereocenters. The Labute approximate surface area is 608 Å². The van der Waals surface area contributed by atoms with E-state index >= 15 is 0 Å². The molecule has 4 heterocycles. The molecule has 2 aliphatic carbocycles. The molecule has 101 heavy (non-hydrogen) atoms. The minimum absolute atomic E-state index is 0.262. The van der Waals surface area contributed by atoms with Crippen LogP contribution in [0.15, 0.2) is 214 Å². The summed E-state index contributed by atoms with van der Waals surface area (Å²) in [6.07, 6.45) is 25.1. The first-order valence-corrected chi connectivity index (χ1v) is 39.9. The lowest BCUT2D eigenvalue weighted by atomic mass is 9.78. The monoisotopic (exact) mass is 1440 g/mol. The molecule has 12 rings (SSSR count). The zero-order valence-corrected chi connectivity index (χ0v) is 63.0. The molecule has 17 heteroatoms. The van der Waals surface area contributed by atoms with E-state index < -0.39 is 20.2 Å². The number of anilines is 2. The van der Waals surface area contributed by atoms with Gasteiger partial charge in [-0.25, -0.2) is 0 Å². The maximum atomic E-state index is 11.7. The highest BCUT2D eigenvalue weighted by molar-refractivity contribution is 7.86. The summed E-state index contributed by atoms with van der Waals surface area (Å²) >= 11 is 14.8. The van der Waals surface area contributed by atoms with Gasteiger partial charge in [-0.3, -0.25) is 9.11 Å². The van der Waals surface area contributed by atoms with Gasteiger partial charge in [0.05, 0.1) is 62.0 Å². The van der Waals surface area contributed by atoms with E-state index in [9.17, 15) is 25.9 Å². The van der Waals surface area contributed by atoms with Crippen molar-refractivity contribution in [1.82, 2.24) is 0 Å². The third kappa shape index (κ3) is 15.8. The summed E-state index contributed by atoms with van der Waals surface area (Å²) in [6, 6.07) is 42.9. The normalized spacial score (nSPS) is 20.3. The van der Waals surface area contributed by atoms with Crippen molar-refractivity contribution >= 4 is 99.2 Å². The fourth-order valence-electron chi connectivity index (χ4n) is 16.4. The van der Waals surface area contributed by atoms with E-state index in [2.05, 4.69) is 244 Å². The predicted molar refractivity (Wildman–Crippen MR) is 415 cm³/mol. The van der Waals surface area contributed by atoms with Crippen LogP contribution in [0.2, 0.25) is 0 Å². The van der Waals surface area contributed by atoms with Crippen LogP contribution in [-0.4, -0.2) is 124 Å². The number of fused-ring (bicyclic) bond motifs is 8. The van der Waals surface area contributed by atoms with Crippen LogP contribution in [0.4, 0.5) is 22.7 Å². The number of unbranched alkanes of at least 4 members (excludes halogenated alkanes) is 2. The first-order valence-electron chi connectivity index (χ1n) is 36.0. The lowest BCUT2D eigenvalue weighted by Gasteiger charge is -2.27. The van der Waals surface area contributed by atoms with Gasteiger partial charge in [-0.05, 0) is 170 Å². The number of allylic oxidation sites excluding steroid dienone is 16. The van der Waals surface area contributed by atoms with Crippen molar-refractivity contribution in [3.63, 3.8) is 0 Å². The number of rotatable bonds is 28. The molecule has 2 N–H and O–H groups in total. The van der Waals surface area contributed by atoms with Gasteiger partial charge in [0.15, 0.2) is 11.4 Å². The molecule has 0 amide bonds. The molecule has 0 saturated carbocycles. The third-order valence-electron chi connectivity index (χ3n) is 21.5. The van der Waals surface area contributed by atoms with Gasteiger partial charge >= 0.3 is 0 Å². The Kier molecular flexibility index (Phi) is 22.4.